The second kappa shape index (κ2) is 7.39. The molecule has 0 spiro atoms. The van der Waals surface area contributed by atoms with Crippen LogP contribution in [0, 0.1) is 5.92 Å². The highest BCUT2D eigenvalue weighted by atomic mass is 16.2. The van der Waals surface area contributed by atoms with Crippen molar-refractivity contribution in [3.05, 3.63) is 30.1 Å². The molecule has 1 amide bonds. The molecule has 0 radical (unpaired) electrons. The Kier molecular flexibility index (Phi) is 5.53. The first-order valence-electron chi connectivity index (χ1n) is 7.65. The van der Waals surface area contributed by atoms with Crippen LogP contribution in [0.15, 0.2) is 24.4 Å². The average Bonchev–Trinajstić information content (AvgIpc) is 2.50. The normalized spacial score (nSPS) is 16.6. The third-order valence-electron chi connectivity index (χ3n) is 4.13. The van der Waals surface area contributed by atoms with Crippen molar-refractivity contribution in [1.82, 2.24) is 14.8 Å². The lowest BCUT2D eigenvalue weighted by molar-refractivity contribution is -0.137. The molecule has 0 saturated carbocycles. The molecule has 2 rings (SSSR count). The van der Waals surface area contributed by atoms with Crippen LogP contribution >= 0.6 is 0 Å². The zero-order valence-corrected chi connectivity index (χ0v) is 12.6. The lowest BCUT2D eigenvalue weighted by Crippen LogP contribution is -2.49. The standard InChI is InChI=1S/C16H25N3O/c1-3-14(4-2)16(20)19-11-9-18(10-12-19)13-15-7-5-6-8-17-15/h5-8,14H,3-4,9-13H2,1-2H3. The first-order chi connectivity index (χ1) is 9.74. The van der Waals surface area contributed by atoms with Crippen molar-refractivity contribution in [1.29, 1.82) is 0 Å². The van der Waals surface area contributed by atoms with Gasteiger partial charge in [0, 0.05) is 44.8 Å². The van der Waals surface area contributed by atoms with Gasteiger partial charge >= 0.3 is 0 Å². The van der Waals surface area contributed by atoms with Crippen molar-refractivity contribution in [3.8, 4) is 0 Å². The molecule has 4 heteroatoms. The smallest absolute Gasteiger partial charge is 0.225 e. The topological polar surface area (TPSA) is 36.4 Å². The number of hydrogen-bond acceptors (Lipinski definition) is 3. The SMILES string of the molecule is CCC(CC)C(=O)N1CCN(Cc2ccccn2)CC1. The van der Waals surface area contributed by atoms with Crippen LogP contribution in [-0.4, -0.2) is 46.9 Å². The number of pyridine rings is 1. The summed E-state index contributed by atoms with van der Waals surface area (Å²) in [5, 5.41) is 0. The second-order valence-corrected chi connectivity index (χ2v) is 5.44. The maximum Gasteiger partial charge on any atom is 0.225 e. The lowest BCUT2D eigenvalue weighted by atomic mass is 10.0. The molecular formula is C16H25N3O. The van der Waals surface area contributed by atoms with Crippen LogP contribution < -0.4 is 0 Å². The number of amides is 1. The van der Waals surface area contributed by atoms with E-state index in [0.717, 1.165) is 51.3 Å². The van der Waals surface area contributed by atoms with Crippen molar-refractivity contribution >= 4 is 5.91 Å². The molecule has 1 aliphatic rings. The molecule has 1 aliphatic heterocycles. The van der Waals surface area contributed by atoms with Crippen LogP contribution in [0.1, 0.15) is 32.4 Å². The summed E-state index contributed by atoms with van der Waals surface area (Å²) in [6.07, 6.45) is 3.73. The predicted octanol–water partition coefficient (Wildman–Crippen LogP) is 2.16. The van der Waals surface area contributed by atoms with Gasteiger partial charge < -0.3 is 4.90 Å². The molecular weight excluding hydrogens is 250 g/mol. The zero-order chi connectivity index (χ0) is 14.4. The van der Waals surface area contributed by atoms with Crippen LogP contribution in [0.2, 0.25) is 0 Å². The first-order valence-corrected chi connectivity index (χ1v) is 7.65. The molecule has 0 unspecified atom stereocenters. The molecule has 1 saturated heterocycles. The number of rotatable bonds is 5. The summed E-state index contributed by atoms with van der Waals surface area (Å²) >= 11 is 0. The Bertz CT molecular complexity index is 409. The summed E-state index contributed by atoms with van der Waals surface area (Å²) in [5.41, 5.74) is 1.10. The van der Waals surface area contributed by atoms with E-state index in [0.29, 0.717) is 5.91 Å². The molecule has 4 nitrogen and oxygen atoms in total. The molecule has 0 N–H and O–H groups in total. The van der Waals surface area contributed by atoms with Gasteiger partial charge in [-0.05, 0) is 25.0 Å². The number of aromatic nitrogens is 1. The Balaban J connectivity index is 1.82. The molecule has 2 heterocycles. The minimum atomic E-state index is 0.206. The molecule has 1 aromatic rings. The van der Waals surface area contributed by atoms with Gasteiger partial charge in [-0.15, -0.1) is 0 Å². The van der Waals surface area contributed by atoms with Crippen molar-refractivity contribution in [3.63, 3.8) is 0 Å². The second-order valence-electron chi connectivity index (χ2n) is 5.44. The van der Waals surface area contributed by atoms with E-state index in [9.17, 15) is 4.79 Å². The minimum Gasteiger partial charge on any atom is -0.340 e. The third kappa shape index (κ3) is 3.79. The Morgan fingerprint density at radius 1 is 1.20 bits per heavy atom. The fraction of sp³-hybridized carbons (Fsp3) is 0.625. The summed E-state index contributed by atoms with van der Waals surface area (Å²) in [4.78, 5) is 21.1. The van der Waals surface area contributed by atoms with Gasteiger partial charge in [0.2, 0.25) is 5.91 Å². The van der Waals surface area contributed by atoms with E-state index in [4.69, 9.17) is 0 Å². The van der Waals surface area contributed by atoms with E-state index < -0.39 is 0 Å². The van der Waals surface area contributed by atoms with Crippen LogP contribution in [-0.2, 0) is 11.3 Å². The van der Waals surface area contributed by atoms with Gasteiger partial charge in [-0.2, -0.15) is 0 Å². The third-order valence-corrected chi connectivity index (χ3v) is 4.13. The van der Waals surface area contributed by atoms with Crippen molar-refractivity contribution < 1.29 is 4.79 Å². The Morgan fingerprint density at radius 2 is 1.90 bits per heavy atom. The Hall–Kier alpha value is -1.42. The van der Waals surface area contributed by atoms with Gasteiger partial charge in [-0.1, -0.05) is 19.9 Å². The van der Waals surface area contributed by atoms with Gasteiger partial charge in [0.15, 0.2) is 0 Å². The number of hydrogen-bond donors (Lipinski definition) is 0. The Labute approximate surface area is 121 Å². The van der Waals surface area contributed by atoms with Crippen molar-refractivity contribution in [2.24, 2.45) is 5.92 Å². The van der Waals surface area contributed by atoms with Crippen LogP contribution in [0.25, 0.3) is 0 Å². The fourth-order valence-electron chi connectivity index (χ4n) is 2.74. The number of piperazine rings is 1. The molecule has 0 aromatic carbocycles. The van der Waals surface area contributed by atoms with Crippen molar-refractivity contribution in [2.45, 2.75) is 33.2 Å². The van der Waals surface area contributed by atoms with Gasteiger partial charge in [0.1, 0.15) is 0 Å². The molecule has 110 valence electrons. The highest BCUT2D eigenvalue weighted by Crippen LogP contribution is 2.14. The van der Waals surface area contributed by atoms with Crippen molar-refractivity contribution in [2.75, 3.05) is 26.2 Å². The summed E-state index contributed by atoms with van der Waals surface area (Å²) in [6.45, 7) is 8.68. The number of nitrogens with zero attached hydrogens (tertiary/aromatic N) is 3. The Morgan fingerprint density at radius 3 is 2.45 bits per heavy atom. The molecule has 1 fully saturated rings. The molecule has 0 atom stereocenters. The predicted molar refractivity (Wildman–Crippen MR) is 80.2 cm³/mol. The average molecular weight is 275 g/mol. The minimum absolute atomic E-state index is 0.206. The van der Waals surface area contributed by atoms with Crippen LogP contribution in [0.4, 0.5) is 0 Å². The summed E-state index contributed by atoms with van der Waals surface area (Å²) < 4.78 is 0. The van der Waals surface area contributed by atoms with Gasteiger partial charge in [-0.25, -0.2) is 0 Å². The van der Waals surface area contributed by atoms with Crippen LogP contribution in [0.5, 0.6) is 0 Å². The van der Waals surface area contributed by atoms with Gasteiger partial charge in [0.05, 0.1) is 5.69 Å². The largest absolute Gasteiger partial charge is 0.340 e. The maximum atomic E-state index is 12.3. The fourth-order valence-corrected chi connectivity index (χ4v) is 2.74. The summed E-state index contributed by atoms with van der Waals surface area (Å²) in [6, 6.07) is 6.02. The van der Waals surface area contributed by atoms with Gasteiger partial charge in [-0.3, -0.25) is 14.7 Å². The van der Waals surface area contributed by atoms with E-state index >= 15 is 0 Å². The van der Waals surface area contributed by atoms with E-state index in [1.807, 2.05) is 23.2 Å². The lowest BCUT2D eigenvalue weighted by Gasteiger charge is -2.36. The molecule has 1 aromatic heterocycles. The van der Waals surface area contributed by atoms with E-state index in [-0.39, 0.29) is 5.92 Å². The van der Waals surface area contributed by atoms with E-state index in [2.05, 4.69) is 29.8 Å². The van der Waals surface area contributed by atoms with E-state index in [1.165, 1.54) is 0 Å². The van der Waals surface area contributed by atoms with E-state index in [1.54, 1.807) is 0 Å². The zero-order valence-electron chi connectivity index (χ0n) is 12.6. The number of carbonyl (C=O) groups excluding carboxylic acids is 1. The highest BCUT2D eigenvalue weighted by molar-refractivity contribution is 5.78. The maximum absolute atomic E-state index is 12.3. The first kappa shape index (κ1) is 15.0. The molecule has 0 aliphatic carbocycles. The van der Waals surface area contributed by atoms with Gasteiger partial charge in [0.25, 0.3) is 0 Å². The summed E-state index contributed by atoms with van der Waals surface area (Å²) in [5.74, 6) is 0.546. The number of carbonyl (C=O) groups is 1. The molecule has 0 bridgehead atoms. The highest BCUT2D eigenvalue weighted by Gasteiger charge is 2.25. The quantitative estimate of drug-likeness (QED) is 0.826. The summed E-state index contributed by atoms with van der Waals surface area (Å²) in [7, 11) is 0. The monoisotopic (exact) mass is 275 g/mol. The molecule has 20 heavy (non-hydrogen) atoms. The van der Waals surface area contributed by atoms with Crippen LogP contribution in [0.3, 0.4) is 0 Å².